The molecule has 0 fully saturated rings. The van der Waals surface area contributed by atoms with Crippen molar-refractivity contribution in [3.63, 3.8) is 0 Å². The zero-order valence-electron chi connectivity index (χ0n) is 10.9. The molecular weight excluding hydrogens is 274 g/mol. The van der Waals surface area contributed by atoms with Crippen molar-refractivity contribution in [2.45, 2.75) is 24.2 Å². The Morgan fingerprint density at radius 3 is 2.85 bits per heavy atom. The summed E-state index contributed by atoms with van der Waals surface area (Å²) in [5, 5.41) is 2.70. The van der Waals surface area contributed by atoms with E-state index in [0.717, 1.165) is 24.0 Å². The van der Waals surface area contributed by atoms with Crippen LogP contribution in [-0.2, 0) is 21.1 Å². The predicted molar refractivity (Wildman–Crippen MR) is 77.3 cm³/mol. The maximum atomic E-state index is 12.4. The lowest BCUT2D eigenvalue weighted by molar-refractivity contribution is -0.115. The van der Waals surface area contributed by atoms with Gasteiger partial charge in [0.1, 0.15) is 0 Å². The van der Waals surface area contributed by atoms with Gasteiger partial charge in [-0.05, 0) is 36.6 Å². The van der Waals surface area contributed by atoms with Crippen LogP contribution in [0.1, 0.15) is 18.4 Å². The predicted octanol–water partition coefficient (Wildman–Crippen LogP) is 2.23. The molecular formula is C15H15NO3S. The second-order valence-electron chi connectivity index (χ2n) is 5.09. The lowest BCUT2D eigenvalue weighted by Gasteiger charge is -2.10. The fourth-order valence-electron chi connectivity index (χ4n) is 2.50. The molecule has 1 aliphatic heterocycles. The molecule has 2 aliphatic rings. The van der Waals surface area contributed by atoms with Crippen LogP contribution in [0.15, 0.2) is 46.9 Å². The van der Waals surface area contributed by atoms with Crippen molar-refractivity contribution in [1.29, 1.82) is 0 Å². The maximum Gasteiger partial charge on any atom is 0.228 e. The van der Waals surface area contributed by atoms with Crippen LogP contribution in [0.2, 0.25) is 0 Å². The number of sulfone groups is 1. The standard InChI is InChI=1S/C15H15NO3S/c17-15-9-12-8-13(6-7-14(12)16-15)20(18,19)10-11-4-2-1-3-5-11/h1-2,4,6-8H,3,5,9-10H2,(H,16,17). The Kier molecular flexibility index (Phi) is 3.22. The van der Waals surface area contributed by atoms with Gasteiger partial charge in [-0.3, -0.25) is 4.79 Å². The number of rotatable bonds is 3. The molecule has 0 unspecified atom stereocenters. The minimum atomic E-state index is -3.34. The molecule has 0 atom stereocenters. The van der Waals surface area contributed by atoms with E-state index in [1.807, 2.05) is 18.2 Å². The van der Waals surface area contributed by atoms with Crippen molar-refractivity contribution in [3.05, 3.63) is 47.6 Å². The fraction of sp³-hybridized carbons (Fsp3) is 0.267. The normalized spacial score (nSPS) is 17.6. The first-order chi connectivity index (χ1) is 9.54. The van der Waals surface area contributed by atoms with Crippen molar-refractivity contribution in [1.82, 2.24) is 0 Å². The average molecular weight is 289 g/mol. The fourth-order valence-corrected chi connectivity index (χ4v) is 3.99. The van der Waals surface area contributed by atoms with E-state index in [9.17, 15) is 13.2 Å². The molecule has 1 aromatic rings. The SMILES string of the molecule is O=C1Cc2cc(S(=O)(=O)CC3=CC=CCC3)ccc2N1. The Bertz CT molecular complexity index is 729. The molecule has 3 rings (SSSR count). The number of fused-ring (bicyclic) bond motifs is 1. The first-order valence-corrected chi connectivity index (χ1v) is 8.20. The topological polar surface area (TPSA) is 63.2 Å². The summed E-state index contributed by atoms with van der Waals surface area (Å²) < 4.78 is 24.8. The summed E-state index contributed by atoms with van der Waals surface area (Å²) in [6.45, 7) is 0. The van der Waals surface area contributed by atoms with E-state index in [2.05, 4.69) is 5.32 Å². The summed E-state index contributed by atoms with van der Waals surface area (Å²) in [7, 11) is -3.34. The lowest BCUT2D eigenvalue weighted by Crippen LogP contribution is -2.10. The first kappa shape index (κ1) is 13.1. The van der Waals surface area contributed by atoms with Gasteiger partial charge < -0.3 is 5.32 Å². The Balaban J connectivity index is 1.88. The maximum absolute atomic E-state index is 12.4. The molecule has 1 amide bonds. The number of carbonyl (C=O) groups excluding carboxylic acids is 1. The monoisotopic (exact) mass is 289 g/mol. The minimum absolute atomic E-state index is 0.0531. The van der Waals surface area contributed by atoms with Crippen LogP contribution in [0.4, 0.5) is 5.69 Å². The number of hydrogen-bond acceptors (Lipinski definition) is 3. The van der Waals surface area contributed by atoms with Gasteiger partial charge in [0.05, 0.1) is 17.1 Å². The Morgan fingerprint density at radius 2 is 2.10 bits per heavy atom. The van der Waals surface area contributed by atoms with Crippen LogP contribution < -0.4 is 5.32 Å². The molecule has 0 radical (unpaired) electrons. The van der Waals surface area contributed by atoms with Crippen LogP contribution >= 0.6 is 0 Å². The molecule has 1 aromatic carbocycles. The summed E-state index contributed by atoms with van der Waals surface area (Å²) >= 11 is 0. The van der Waals surface area contributed by atoms with Gasteiger partial charge in [0, 0.05) is 5.69 Å². The van der Waals surface area contributed by atoms with Gasteiger partial charge in [-0.25, -0.2) is 8.42 Å². The molecule has 1 aliphatic carbocycles. The van der Waals surface area contributed by atoms with Crippen molar-refractivity contribution in [3.8, 4) is 0 Å². The molecule has 5 heteroatoms. The second-order valence-corrected chi connectivity index (χ2v) is 7.08. The van der Waals surface area contributed by atoms with Gasteiger partial charge in [0.15, 0.2) is 9.84 Å². The van der Waals surface area contributed by atoms with E-state index in [0.29, 0.717) is 10.6 Å². The van der Waals surface area contributed by atoms with E-state index < -0.39 is 9.84 Å². The zero-order valence-corrected chi connectivity index (χ0v) is 11.7. The van der Waals surface area contributed by atoms with Gasteiger partial charge in [-0.2, -0.15) is 0 Å². The molecule has 0 saturated heterocycles. The number of benzene rings is 1. The third-order valence-electron chi connectivity index (χ3n) is 3.54. The number of hydrogen-bond donors (Lipinski definition) is 1. The number of anilines is 1. The van der Waals surface area contributed by atoms with Crippen molar-refractivity contribution < 1.29 is 13.2 Å². The summed E-state index contributed by atoms with van der Waals surface area (Å²) in [6.07, 6.45) is 7.75. The average Bonchev–Trinajstić information content (AvgIpc) is 2.78. The third-order valence-corrected chi connectivity index (χ3v) is 5.26. The quantitative estimate of drug-likeness (QED) is 0.928. The molecule has 0 aromatic heterocycles. The summed E-state index contributed by atoms with van der Waals surface area (Å²) in [4.78, 5) is 11.6. The number of allylic oxidation sites excluding steroid dienone is 3. The van der Waals surface area contributed by atoms with E-state index in [-0.39, 0.29) is 18.1 Å². The summed E-state index contributed by atoms with van der Waals surface area (Å²) in [5.41, 5.74) is 2.41. The summed E-state index contributed by atoms with van der Waals surface area (Å²) in [6, 6.07) is 4.85. The second kappa shape index (κ2) is 4.90. The largest absolute Gasteiger partial charge is 0.326 e. The molecule has 0 bridgehead atoms. The molecule has 0 saturated carbocycles. The summed E-state index contributed by atoms with van der Waals surface area (Å²) in [5.74, 6) is -0.0352. The van der Waals surface area contributed by atoms with Crippen molar-refractivity contribution in [2.75, 3.05) is 11.1 Å². The Morgan fingerprint density at radius 1 is 1.25 bits per heavy atom. The van der Waals surface area contributed by atoms with Crippen molar-refractivity contribution in [2.24, 2.45) is 0 Å². The van der Waals surface area contributed by atoms with Gasteiger partial charge in [-0.1, -0.05) is 23.8 Å². The van der Waals surface area contributed by atoms with Crippen LogP contribution in [0.3, 0.4) is 0 Å². The molecule has 104 valence electrons. The molecule has 20 heavy (non-hydrogen) atoms. The highest BCUT2D eigenvalue weighted by molar-refractivity contribution is 7.91. The van der Waals surface area contributed by atoms with Gasteiger partial charge in [-0.15, -0.1) is 0 Å². The number of nitrogens with one attached hydrogen (secondary N) is 1. The highest BCUT2D eigenvalue weighted by atomic mass is 32.2. The Labute approximate surface area is 118 Å². The van der Waals surface area contributed by atoms with Gasteiger partial charge >= 0.3 is 0 Å². The molecule has 1 heterocycles. The van der Waals surface area contributed by atoms with Crippen LogP contribution in [0.5, 0.6) is 0 Å². The molecule has 0 spiro atoms. The third kappa shape index (κ3) is 2.54. The van der Waals surface area contributed by atoms with E-state index in [4.69, 9.17) is 0 Å². The lowest BCUT2D eigenvalue weighted by atomic mass is 10.1. The van der Waals surface area contributed by atoms with Crippen LogP contribution in [0, 0.1) is 0 Å². The van der Waals surface area contributed by atoms with Gasteiger partial charge in [0.25, 0.3) is 0 Å². The van der Waals surface area contributed by atoms with E-state index in [1.54, 1.807) is 18.2 Å². The number of amides is 1. The van der Waals surface area contributed by atoms with E-state index >= 15 is 0 Å². The minimum Gasteiger partial charge on any atom is -0.326 e. The highest BCUT2D eigenvalue weighted by Crippen LogP contribution is 2.27. The van der Waals surface area contributed by atoms with Gasteiger partial charge in [0.2, 0.25) is 5.91 Å². The van der Waals surface area contributed by atoms with Crippen molar-refractivity contribution >= 4 is 21.4 Å². The molecule has 4 nitrogen and oxygen atoms in total. The molecule has 1 N–H and O–H groups in total. The zero-order chi connectivity index (χ0) is 14.2. The van der Waals surface area contributed by atoms with E-state index in [1.165, 1.54) is 0 Å². The Hall–Kier alpha value is -1.88. The smallest absolute Gasteiger partial charge is 0.228 e. The highest BCUT2D eigenvalue weighted by Gasteiger charge is 2.22. The first-order valence-electron chi connectivity index (χ1n) is 6.55. The van der Waals surface area contributed by atoms with Crippen LogP contribution in [0.25, 0.3) is 0 Å². The number of carbonyl (C=O) groups is 1. The van der Waals surface area contributed by atoms with Crippen LogP contribution in [-0.4, -0.2) is 20.1 Å².